The lowest BCUT2D eigenvalue weighted by Crippen LogP contribution is -2.35. The fraction of sp³-hybridized carbons (Fsp3) is 0.500. The minimum absolute atomic E-state index is 0.0137. The van der Waals surface area contributed by atoms with Crippen LogP contribution in [0.3, 0.4) is 0 Å². The van der Waals surface area contributed by atoms with E-state index < -0.39 is 0 Å². The van der Waals surface area contributed by atoms with Gasteiger partial charge in [0.1, 0.15) is 5.76 Å². The van der Waals surface area contributed by atoms with Gasteiger partial charge in [-0.3, -0.25) is 4.68 Å². The Morgan fingerprint density at radius 1 is 0.732 bits per heavy atom. The molecule has 294 valence electrons. The van der Waals surface area contributed by atoms with Gasteiger partial charge in [0.2, 0.25) is 11.6 Å². The number of hydrogen-bond acceptors (Lipinski definition) is 11. The summed E-state index contributed by atoms with van der Waals surface area (Å²) in [6.45, 7) is 18.1. The maximum absolute atomic E-state index is 7.00. The average molecular weight is 758 g/mol. The third-order valence-corrected chi connectivity index (χ3v) is 12.5. The highest BCUT2D eigenvalue weighted by Crippen LogP contribution is 2.41. The highest BCUT2D eigenvalue weighted by Gasteiger charge is 2.34. The van der Waals surface area contributed by atoms with E-state index in [0.29, 0.717) is 35.7 Å². The zero-order valence-electron chi connectivity index (χ0n) is 34.3. The van der Waals surface area contributed by atoms with E-state index in [9.17, 15) is 0 Å². The van der Waals surface area contributed by atoms with Crippen molar-refractivity contribution in [3.63, 3.8) is 0 Å². The molecule has 0 radical (unpaired) electrons. The number of nitrogens with zero attached hydrogens (tertiary/aromatic N) is 7. The van der Waals surface area contributed by atoms with Crippen molar-refractivity contribution >= 4 is 0 Å². The van der Waals surface area contributed by atoms with Gasteiger partial charge in [-0.2, -0.15) is 15.1 Å². The first-order valence-corrected chi connectivity index (χ1v) is 20.0. The summed E-state index contributed by atoms with van der Waals surface area (Å²) in [7, 11) is 2.00. The fourth-order valence-corrected chi connectivity index (χ4v) is 9.26. The van der Waals surface area contributed by atoms with Crippen molar-refractivity contribution in [2.75, 3.05) is 6.54 Å². The summed E-state index contributed by atoms with van der Waals surface area (Å²) in [4.78, 5) is 9.58. The highest BCUT2D eigenvalue weighted by molar-refractivity contribution is 5.65. The summed E-state index contributed by atoms with van der Waals surface area (Å²) in [5.41, 5.74) is 27.7. The Labute approximate surface area is 328 Å². The molecule has 2 aliphatic rings. The van der Waals surface area contributed by atoms with Gasteiger partial charge in [-0.05, 0) is 141 Å². The Kier molecular flexibility index (Phi) is 9.64. The third-order valence-electron chi connectivity index (χ3n) is 12.5. The quantitative estimate of drug-likeness (QED) is 0.138. The van der Waals surface area contributed by atoms with Gasteiger partial charge >= 0.3 is 0 Å². The first kappa shape index (κ1) is 38.0. The maximum atomic E-state index is 7.00. The molecule has 4 aromatic heterocycles. The van der Waals surface area contributed by atoms with E-state index in [-0.39, 0.29) is 22.8 Å². The molecule has 56 heavy (non-hydrogen) atoms. The Morgan fingerprint density at radius 3 is 1.89 bits per heavy atom. The van der Waals surface area contributed by atoms with Gasteiger partial charge in [-0.15, -0.1) is 0 Å². The summed E-state index contributed by atoms with van der Waals surface area (Å²) < 4.78 is 19.2. The average Bonchev–Trinajstić information content (AvgIpc) is 3.95. The van der Waals surface area contributed by atoms with Crippen molar-refractivity contribution in [3.8, 4) is 45.9 Å². The molecule has 4 N–H and O–H groups in total. The first-order valence-electron chi connectivity index (χ1n) is 20.0. The number of fused-ring (bicyclic) bond motifs is 2. The summed E-state index contributed by atoms with van der Waals surface area (Å²) >= 11 is 0. The third kappa shape index (κ3) is 7.02. The maximum Gasteiger partial charge on any atom is 0.280 e. The van der Waals surface area contributed by atoms with Gasteiger partial charge < -0.3 is 25.0 Å². The van der Waals surface area contributed by atoms with Gasteiger partial charge in [0.05, 0.1) is 0 Å². The van der Waals surface area contributed by atoms with Crippen molar-refractivity contribution in [1.29, 1.82) is 0 Å². The van der Waals surface area contributed by atoms with E-state index in [1.807, 2.05) is 11.7 Å². The molecule has 2 atom stereocenters. The van der Waals surface area contributed by atoms with Crippen LogP contribution < -0.4 is 11.5 Å². The lowest BCUT2D eigenvalue weighted by Gasteiger charge is -2.29. The molecule has 2 aromatic carbocycles. The number of nitrogens with two attached hydrogens (primary N) is 2. The molecule has 8 rings (SSSR count). The molecule has 4 heterocycles. The summed E-state index contributed by atoms with van der Waals surface area (Å²) in [6, 6.07) is 8.36. The molecule has 2 aliphatic carbocycles. The predicted molar refractivity (Wildman–Crippen MR) is 216 cm³/mol. The van der Waals surface area contributed by atoms with Crippen LogP contribution in [-0.4, -0.2) is 47.8 Å². The van der Waals surface area contributed by atoms with Gasteiger partial charge in [-0.1, -0.05) is 43.2 Å². The van der Waals surface area contributed by atoms with E-state index in [0.717, 1.165) is 102 Å². The molecule has 0 fully saturated rings. The molecule has 0 saturated heterocycles. The van der Waals surface area contributed by atoms with Gasteiger partial charge in [0.15, 0.2) is 11.4 Å². The van der Waals surface area contributed by atoms with Crippen molar-refractivity contribution in [2.45, 2.75) is 119 Å². The van der Waals surface area contributed by atoms with Crippen LogP contribution in [-0.2, 0) is 39.2 Å². The van der Waals surface area contributed by atoms with Crippen LogP contribution in [0.25, 0.3) is 45.9 Å². The molecule has 12 heteroatoms. The van der Waals surface area contributed by atoms with Crippen LogP contribution in [0.15, 0.2) is 37.8 Å². The van der Waals surface area contributed by atoms with Gasteiger partial charge in [0.25, 0.3) is 11.8 Å². The standard InChI is InChI=1S/C44H55N9O3/c1-23-16-27(39-48-42(56-52-39)38-31-13-15-44(7,8)21-35(31)54-50-38)17-24(2)29(23)10-11-33(46)32(22-45)36-25(3)18-28(19-26(36)4)40-47-41(55-51-40)37-30-12-14-43(5,6)20-34(30)53(9)49-37/h16-19,32-33H,10-15,20-22,45-46H2,1-9H3. The van der Waals surface area contributed by atoms with Crippen LogP contribution in [0, 0.1) is 38.5 Å². The van der Waals surface area contributed by atoms with E-state index in [1.165, 1.54) is 22.4 Å². The number of aromatic nitrogens is 7. The number of rotatable bonds is 10. The van der Waals surface area contributed by atoms with Crippen molar-refractivity contribution in [2.24, 2.45) is 29.3 Å². The molecular weight excluding hydrogens is 703 g/mol. The van der Waals surface area contributed by atoms with Crippen LogP contribution in [0.2, 0.25) is 0 Å². The molecule has 0 amide bonds. The SMILES string of the molecule is Cc1cc(-c2noc(-c3noc4c3CCC(C)(C)C4)n2)cc(C)c1CCC(N)C(CN)c1c(C)cc(-c2noc(-c3nn(C)c4c3CCC(C)(C)C4)n2)cc1C. The lowest BCUT2D eigenvalue weighted by molar-refractivity contribution is 0.264. The van der Waals surface area contributed by atoms with Gasteiger partial charge in [-0.25, -0.2) is 0 Å². The smallest absolute Gasteiger partial charge is 0.280 e. The summed E-state index contributed by atoms with van der Waals surface area (Å²) in [6.07, 6.45) is 7.45. The highest BCUT2D eigenvalue weighted by atomic mass is 16.5. The van der Waals surface area contributed by atoms with Crippen LogP contribution in [0.5, 0.6) is 0 Å². The topological polar surface area (TPSA) is 174 Å². The van der Waals surface area contributed by atoms with E-state index in [4.69, 9.17) is 40.1 Å². The summed E-state index contributed by atoms with van der Waals surface area (Å²) in [5, 5.41) is 17.9. The van der Waals surface area contributed by atoms with Crippen LogP contribution in [0.4, 0.5) is 0 Å². The second kappa shape index (κ2) is 14.2. The molecular formula is C44H55N9O3. The molecule has 0 aliphatic heterocycles. The van der Waals surface area contributed by atoms with E-state index in [2.05, 4.69) is 95.1 Å². The Bertz CT molecular complexity index is 2380. The zero-order valence-corrected chi connectivity index (χ0v) is 34.3. The number of aryl methyl sites for hydroxylation is 5. The second-order valence-corrected chi connectivity index (χ2v) is 18.0. The zero-order chi connectivity index (χ0) is 39.7. The minimum Gasteiger partial charge on any atom is -0.360 e. The molecule has 0 spiro atoms. The van der Waals surface area contributed by atoms with Crippen molar-refractivity contribution < 1.29 is 13.6 Å². The Morgan fingerprint density at radius 2 is 1.29 bits per heavy atom. The van der Waals surface area contributed by atoms with Crippen molar-refractivity contribution in [1.82, 2.24) is 35.2 Å². The van der Waals surface area contributed by atoms with Crippen molar-refractivity contribution in [3.05, 3.63) is 80.2 Å². The molecule has 12 nitrogen and oxygen atoms in total. The fourth-order valence-electron chi connectivity index (χ4n) is 9.26. The first-order chi connectivity index (χ1) is 26.6. The van der Waals surface area contributed by atoms with Crippen LogP contribution in [0.1, 0.15) is 109 Å². The second-order valence-electron chi connectivity index (χ2n) is 18.0. The monoisotopic (exact) mass is 757 g/mol. The largest absolute Gasteiger partial charge is 0.360 e. The lowest BCUT2D eigenvalue weighted by atomic mass is 9.76. The van der Waals surface area contributed by atoms with E-state index >= 15 is 0 Å². The number of hydrogen-bond donors (Lipinski definition) is 2. The summed E-state index contributed by atoms with van der Waals surface area (Å²) in [5.74, 6) is 2.86. The number of benzene rings is 2. The van der Waals surface area contributed by atoms with Gasteiger partial charge in [0, 0.05) is 59.9 Å². The van der Waals surface area contributed by atoms with Crippen LogP contribution >= 0.6 is 0 Å². The molecule has 6 aromatic rings. The Balaban J connectivity index is 0.959. The van der Waals surface area contributed by atoms with E-state index in [1.54, 1.807) is 0 Å². The Hall–Kier alpha value is -4.94. The molecule has 0 saturated carbocycles. The molecule has 0 bridgehead atoms. The normalized spacial score (nSPS) is 17.1. The minimum atomic E-state index is -0.141. The molecule has 2 unspecified atom stereocenters. The predicted octanol–water partition coefficient (Wildman–Crippen LogP) is 8.11.